The molecule has 1 aromatic carbocycles. The number of rotatable bonds is 4. The SMILES string of the molecule is Cc1nccn1-c1ccc(NS(=O)(=O)c2ccccc2F)cn1. The van der Waals surface area contributed by atoms with Crippen molar-refractivity contribution in [3.05, 3.63) is 66.6 Å². The van der Waals surface area contributed by atoms with Crippen LogP contribution >= 0.6 is 0 Å². The van der Waals surface area contributed by atoms with Gasteiger partial charge in [0.15, 0.2) is 0 Å². The highest BCUT2D eigenvalue weighted by molar-refractivity contribution is 7.92. The van der Waals surface area contributed by atoms with E-state index in [1.165, 1.54) is 24.4 Å². The molecule has 3 rings (SSSR count). The van der Waals surface area contributed by atoms with E-state index < -0.39 is 20.7 Å². The molecule has 3 aromatic rings. The standard InChI is InChI=1S/C15H13FN4O2S/c1-11-17-8-9-20(11)15-7-6-12(10-18-15)19-23(21,22)14-5-3-2-4-13(14)16/h2-10,19H,1H3. The van der Waals surface area contributed by atoms with Gasteiger partial charge in [-0.1, -0.05) is 12.1 Å². The molecular formula is C15H13FN4O2S. The van der Waals surface area contributed by atoms with Gasteiger partial charge in [0, 0.05) is 12.4 Å². The van der Waals surface area contributed by atoms with Gasteiger partial charge in [0.25, 0.3) is 10.0 Å². The lowest BCUT2D eigenvalue weighted by Crippen LogP contribution is -2.14. The van der Waals surface area contributed by atoms with Gasteiger partial charge >= 0.3 is 0 Å². The van der Waals surface area contributed by atoms with Crippen LogP contribution in [-0.4, -0.2) is 23.0 Å². The molecule has 2 heterocycles. The summed E-state index contributed by atoms with van der Waals surface area (Å²) in [5, 5.41) is 0. The lowest BCUT2D eigenvalue weighted by atomic mass is 10.4. The number of nitrogens with one attached hydrogen (secondary N) is 1. The van der Waals surface area contributed by atoms with Crippen molar-refractivity contribution >= 4 is 15.7 Å². The molecule has 6 nitrogen and oxygen atoms in total. The lowest BCUT2D eigenvalue weighted by molar-refractivity contribution is 0.570. The number of nitrogens with zero attached hydrogens (tertiary/aromatic N) is 3. The predicted octanol–water partition coefficient (Wildman–Crippen LogP) is 2.52. The number of benzene rings is 1. The molecule has 0 saturated carbocycles. The average Bonchev–Trinajstić information content (AvgIpc) is 2.94. The third-order valence-electron chi connectivity index (χ3n) is 3.20. The van der Waals surface area contributed by atoms with Gasteiger partial charge in [-0.15, -0.1) is 0 Å². The van der Waals surface area contributed by atoms with Crippen molar-refractivity contribution in [3.8, 4) is 5.82 Å². The molecule has 118 valence electrons. The van der Waals surface area contributed by atoms with Crippen LogP contribution in [0.1, 0.15) is 5.82 Å². The van der Waals surface area contributed by atoms with E-state index in [9.17, 15) is 12.8 Å². The molecule has 2 aromatic heterocycles. The fourth-order valence-corrected chi connectivity index (χ4v) is 3.21. The number of anilines is 1. The zero-order valence-corrected chi connectivity index (χ0v) is 13.0. The van der Waals surface area contributed by atoms with Crippen molar-refractivity contribution in [2.24, 2.45) is 0 Å². The smallest absolute Gasteiger partial charge is 0.264 e. The molecule has 0 atom stereocenters. The van der Waals surface area contributed by atoms with Crippen LogP contribution in [0.2, 0.25) is 0 Å². The van der Waals surface area contributed by atoms with Crippen molar-refractivity contribution < 1.29 is 12.8 Å². The fourth-order valence-electron chi connectivity index (χ4n) is 2.08. The van der Waals surface area contributed by atoms with Crippen LogP contribution in [0.3, 0.4) is 0 Å². The Morgan fingerprint density at radius 1 is 1.13 bits per heavy atom. The Labute approximate surface area is 132 Å². The summed E-state index contributed by atoms with van der Waals surface area (Å²) in [5.41, 5.74) is 0.245. The largest absolute Gasteiger partial charge is 0.288 e. The van der Waals surface area contributed by atoms with Crippen LogP contribution in [0.4, 0.5) is 10.1 Å². The Morgan fingerprint density at radius 2 is 1.91 bits per heavy atom. The van der Waals surface area contributed by atoms with E-state index in [1.54, 1.807) is 29.1 Å². The van der Waals surface area contributed by atoms with Gasteiger partial charge in [-0.3, -0.25) is 9.29 Å². The zero-order chi connectivity index (χ0) is 16.4. The van der Waals surface area contributed by atoms with Gasteiger partial charge < -0.3 is 0 Å². The van der Waals surface area contributed by atoms with Gasteiger partial charge in [-0.2, -0.15) is 0 Å². The van der Waals surface area contributed by atoms with Crippen molar-refractivity contribution in [3.63, 3.8) is 0 Å². The third-order valence-corrected chi connectivity index (χ3v) is 4.61. The van der Waals surface area contributed by atoms with Crippen molar-refractivity contribution in [2.75, 3.05) is 4.72 Å². The molecule has 0 spiro atoms. The monoisotopic (exact) mass is 332 g/mol. The summed E-state index contributed by atoms with van der Waals surface area (Å²) in [7, 11) is -4.00. The van der Waals surface area contributed by atoms with Crippen LogP contribution in [0.5, 0.6) is 0 Å². The molecule has 0 fully saturated rings. The predicted molar refractivity (Wildman–Crippen MR) is 83.3 cm³/mol. The van der Waals surface area contributed by atoms with Crippen LogP contribution in [0.15, 0.2) is 59.9 Å². The van der Waals surface area contributed by atoms with E-state index in [0.29, 0.717) is 5.82 Å². The Kier molecular flexibility index (Phi) is 3.83. The van der Waals surface area contributed by atoms with Crippen LogP contribution in [0, 0.1) is 12.7 Å². The Balaban J connectivity index is 1.87. The maximum atomic E-state index is 13.6. The molecule has 0 amide bonds. The molecular weight excluding hydrogens is 319 g/mol. The van der Waals surface area contributed by atoms with E-state index in [-0.39, 0.29) is 5.69 Å². The summed E-state index contributed by atoms with van der Waals surface area (Å²) >= 11 is 0. The van der Waals surface area contributed by atoms with Crippen LogP contribution < -0.4 is 4.72 Å². The summed E-state index contributed by atoms with van der Waals surface area (Å²) in [4.78, 5) is 7.87. The molecule has 0 aliphatic heterocycles. The van der Waals surface area contributed by atoms with Gasteiger partial charge in [-0.25, -0.2) is 22.8 Å². The molecule has 1 N–H and O–H groups in total. The zero-order valence-electron chi connectivity index (χ0n) is 12.1. The molecule has 0 radical (unpaired) electrons. The second kappa shape index (κ2) is 5.81. The summed E-state index contributed by atoms with van der Waals surface area (Å²) in [6.45, 7) is 1.83. The fraction of sp³-hybridized carbons (Fsp3) is 0.0667. The Morgan fingerprint density at radius 3 is 2.52 bits per heavy atom. The third kappa shape index (κ3) is 3.07. The number of hydrogen-bond donors (Lipinski definition) is 1. The first-order valence-electron chi connectivity index (χ1n) is 6.71. The lowest BCUT2D eigenvalue weighted by Gasteiger charge is -2.09. The van der Waals surface area contributed by atoms with Gasteiger partial charge in [0.2, 0.25) is 0 Å². The van der Waals surface area contributed by atoms with E-state index in [4.69, 9.17) is 0 Å². The average molecular weight is 332 g/mol. The minimum atomic E-state index is -4.00. The minimum Gasteiger partial charge on any atom is -0.288 e. The van der Waals surface area contributed by atoms with E-state index in [0.717, 1.165) is 11.9 Å². The first kappa shape index (κ1) is 15.2. The highest BCUT2D eigenvalue weighted by Gasteiger charge is 2.18. The number of aryl methyl sites for hydroxylation is 1. The quantitative estimate of drug-likeness (QED) is 0.796. The van der Waals surface area contributed by atoms with E-state index in [2.05, 4.69) is 14.7 Å². The highest BCUT2D eigenvalue weighted by atomic mass is 32.2. The number of hydrogen-bond acceptors (Lipinski definition) is 4. The molecule has 0 saturated heterocycles. The normalized spacial score (nSPS) is 11.4. The second-order valence-electron chi connectivity index (χ2n) is 4.79. The first-order valence-corrected chi connectivity index (χ1v) is 8.19. The Hall–Kier alpha value is -2.74. The van der Waals surface area contributed by atoms with Crippen molar-refractivity contribution in [2.45, 2.75) is 11.8 Å². The number of sulfonamides is 1. The number of aromatic nitrogens is 3. The van der Waals surface area contributed by atoms with E-state index >= 15 is 0 Å². The maximum absolute atomic E-state index is 13.6. The summed E-state index contributed by atoms with van der Waals surface area (Å²) in [6, 6.07) is 8.39. The van der Waals surface area contributed by atoms with Crippen molar-refractivity contribution in [1.29, 1.82) is 0 Å². The second-order valence-corrected chi connectivity index (χ2v) is 6.44. The summed E-state index contributed by atoms with van der Waals surface area (Å²) in [5.74, 6) is 0.560. The van der Waals surface area contributed by atoms with Crippen LogP contribution in [-0.2, 0) is 10.0 Å². The first-order chi connectivity index (χ1) is 11.0. The molecule has 23 heavy (non-hydrogen) atoms. The highest BCUT2D eigenvalue weighted by Crippen LogP contribution is 2.19. The minimum absolute atomic E-state index is 0.245. The molecule has 0 aliphatic carbocycles. The molecule has 0 bridgehead atoms. The number of imidazole rings is 1. The molecule has 0 unspecified atom stereocenters. The van der Waals surface area contributed by atoms with Crippen molar-refractivity contribution in [1.82, 2.24) is 14.5 Å². The molecule has 0 aliphatic rings. The maximum Gasteiger partial charge on any atom is 0.264 e. The van der Waals surface area contributed by atoms with Crippen LogP contribution in [0.25, 0.3) is 5.82 Å². The number of pyridine rings is 1. The van der Waals surface area contributed by atoms with Gasteiger partial charge in [0.05, 0.1) is 11.9 Å². The Bertz CT molecular complexity index is 936. The topological polar surface area (TPSA) is 76.9 Å². The molecule has 8 heteroatoms. The van der Waals surface area contributed by atoms with Gasteiger partial charge in [0.1, 0.15) is 22.4 Å². The van der Waals surface area contributed by atoms with Gasteiger partial charge in [-0.05, 0) is 31.2 Å². The summed E-state index contributed by atoms with van der Waals surface area (Å²) in [6.07, 6.45) is 4.76. The van der Waals surface area contributed by atoms with E-state index in [1.807, 2.05) is 6.92 Å². The summed E-state index contributed by atoms with van der Waals surface area (Å²) < 4.78 is 42.1. The number of halogens is 1.